The molecule has 0 aliphatic carbocycles. The molecule has 5 rings (SSSR count). The first kappa shape index (κ1) is 19.6. The number of benzene rings is 2. The number of nitrogens with one attached hydrogen (secondary N) is 1. The summed E-state index contributed by atoms with van der Waals surface area (Å²) < 4.78 is 7.83. The molecule has 2 aromatic carbocycles. The molecule has 152 valence electrons. The Kier molecular flexibility index (Phi) is 5.30. The summed E-state index contributed by atoms with van der Waals surface area (Å²) in [6.07, 6.45) is 9.00. The fourth-order valence-electron chi connectivity index (χ4n) is 4.09. The standard InChI is InChI=1S/C26H21ClN3O/c27-23-4-1-19(2-5-23)24-9-12-30(15-21(24)14-28)16-22-17-31-26-6-3-20(13-25(22)26)18-7-10-29-11-8-18/h1-7,9,12-13,15,17,29H,8,10-11,16H2/q+1. The van der Waals surface area contributed by atoms with Crippen LogP contribution in [0.1, 0.15) is 23.1 Å². The van der Waals surface area contributed by atoms with E-state index in [0.29, 0.717) is 17.1 Å². The van der Waals surface area contributed by atoms with Gasteiger partial charge >= 0.3 is 0 Å². The van der Waals surface area contributed by atoms with E-state index in [0.717, 1.165) is 47.2 Å². The summed E-state index contributed by atoms with van der Waals surface area (Å²) in [4.78, 5) is 0. The summed E-state index contributed by atoms with van der Waals surface area (Å²) in [7, 11) is 0. The third-order valence-electron chi connectivity index (χ3n) is 5.73. The number of pyridine rings is 1. The van der Waals surface area contributed by atoms with Gasteiger partial charge in [-0.15, -0.1) is 0 Å². The van der Waals surface area contributed by atoms with Gasteiger partial charge < -0.3 is 9.73 Å². The van der Waals surface area contributed by atoms with E-state index in [4.69, 9.17) is 16.0 Å². The number of nitrogens with zero attached hydrogens (tertiary/aromatic N) is 2. The highest BCUT2D eigenvalue weighted by atomic mass is 35.5. The van der Waals surface area contributed by atoms with Crippen molar-refractivity contribution >= 4 is 28.1 Å². The molecule has 4 nitrogen and oxygen atoms in total. The molecule has 0 saturated carbocycles. The molecular weight excluding hydrogens is 406 g/mol. The molecule has 0 saturated heterocycles. The van der Waals surface area contributed by atoms with Crippen LogP contribution in [0.5, 0.6) is 0 Å². The first-order valence-electron chi connectivity index (χ1n) is 10.3. The first-order valence-corrected chi connectivity index (χ1v) is 10.7. The highest BCUT2D eigenvalue weighted by Gasteiger charge is 2.16. The Hall–Kier alpha value is -3.39. The van der Waals surface area contributed by atoms with Crippen molar-refractivity contribution in [3.05, 3.63) is 95.0 Å². The van der Waals surface area contributed by atoms with E-state index in [1.807, 2.05) is 59.6 Å². The number of hydrogen-bond acceptors (Lipinski definition) is 3. The lowest BCUT2D eigenvalue weighted by Crippen LogP contribution is -2.33. The topological polar surface area (TPSA) is 52.8 Å². The summed E-state index contributed by atoms with van der Waals surface area (Å²) in [6, 6.07) is 18.3. The van der Waals surface area contributed by atoms with Crippen LogP contribution in [0.25, 0.3) is 27.7 Å². The smallest absolute Gasteiger partial charge is 0.187 e. The number of halogens is 1. The van der Waals surface area contributed by atoms with Crippen molar-refractivity contribution < 1.29 is 8.98 Å². The van der Waals surface area contributed by atoms with Crippen LogP contribution < -0.4 is 9.88 Å². The zero-order valence-electron chi connectivity index (χ0n) is 16.9. The minimum absolute atomic E-state index is 0.623. The van der Waals surface area contributed by atoms with Crippen LogP contribution in [0.2, 0.25) is 5.02 Å². The number of hydrogen-bond donors (Lipinski definition) is 1. The van der Waals surface area contributed by atoms with Crippen LogP contribution in [-0.4, -0.2) is 13.1 Å². The van der Waals surface area contributed by atoms with Crippen molar-refractivity contribution in [2.75, 3.05) is 13.1 Å². The van der Waals surface area contributed by atoms with Crippen molar-refractivity contribution in [2.45, 2.75) is 13.0 Å². The van der Waals surface area contributed by atoms with Gasteiger partial charge in [0, 0.05) is 28.6 Å². The molecular formula is C26H21ClN3O+. The summed E-state index contributed by atoms with van der Waals surface area (Å²) in [5.41, 5.74) is 7.09. The van der Waals surface area contributed by atoms with Crippen LogP contribution in [-0.2, 0) is 6.54 Å². The maximum atomic E-state index is 9.72. The fourth-order valence-corrected chi connectivity index (χ4v) is 4.22. The largest absolute Gasteiger partial charge is 0.464 e. The van der Waals surface area contributed by atoms with Crippen LogP contribution in [0.4, 0.5) is 0 Å². The summed E-state index contributed by atoms with van der Waals surface area (Å²) in [5.74, 6) is 0. The van der Waals surface area contributed by atoms with E-state index in [1.54, 1.807) is 0 Å². The molecule has 0 bridgehead atoms. The molecule has 2 aromatic heterocycles. The Morgan fingerprint density at radius 1 is 1.10 bits per heavy atom. The Bertz CT molecular complexity index is 1330. The summed E-state index contributed by atoms with van der Waals surface area (Å²) in [5, 5.41) is 14.9. The van der Waals surface area contributed by atoms with E-state index in [9.17, 15) is 5.26 Å². The minimum atomic E-state index is 0.623. The minimum Gasteiger partial charge on any atom is -0.464 e. The van der Waals surface area contributed by atoms with Gasteiger partial charge in [-0.2, -0.15) is 9.83 Å². The number of aromatic nitrogens is 1. The number of nitriles is 1. The van der Waals surface area contributed by atoms with Crippen molar-refractivity contribution in [2.24, 2.45) is 0 Å². The lowest BCUT2D eigenvalue weighted by molar-refractivity contribution is -0.688. The molecule has 5 heteroatoms. The van der Waals surface area contributed by atoms with Crippen molar-refractivity contribution in [3.8, 4) is 17.2 Å². The molecule has 1 aliphatic heterocycles. The van der Waals surface area contributed by atoms with Crippen molar-refractivity contribution in [1.29, 1.82) is 5.26 Å². The first-order chi connectivity index (χ1) is 15.2. The Morgan fingerprint density at radius 3 is 2.71 bits per heavy atom. The average Bonchev–Trinajstić information content (AvgIpc) is 3.22. The Balaban J connectivity index is 1.47. The van der Waals surface area contributed by atoms with Gasteiger partial charge in [-0.25, -0.2) is 0 Å². The summed E-state index contributed by atoms with van der Waals surface area (Å²) >= 11 is 6.00. The summed E-state index contributed by atoms with van der Waals surface area (Å²) in [6.45, 7) is 2.56. The molecule has 3 heterocycles. The third-order valence-corrected chi connectivity index (χ3v) is 5.99. The molecule has 0 unspecified atom stereocenters. The molecule has 1 N–H and O–H groups in total. The van der Waals surface area contributed by atoms with Gasteiger partial charge in [0.1, 0.15) is 23.5 Å². The maximum absolute atomic E-state index is 9.72. The Labute approximate surface area is 186 Å². The van der Waals surface area contributed by atoms with Gasteiger partial charge in [-0.05, 0) is 53.9 Å². The van der Waals surface area contributed by atoms with Crippen molar-refractivity contribution in [1.82, 2.24) is 5.32 Å². The molecule has 0 atom stereocenters. The van der Waals surface area contributed by atoms with Crippen LogP contribution in [0, 0.1) is 11.3 Å². The monoisotopic (exact) mass is 426 g/mol. The van der Waals surface area contributed by atoms with E-state index < -0.39 is 0 Å². The third kappa shape index (κ3) is 3.98. The molecule has 1 aliphatic rings. The average molecular weight is 427 g/mol. The van der Waals surface area contributed by atoms with E-state index in [2.05, 4.69) is 29.6 Å². The van der Waals surface area contributed by atoms with Crippen molar-refractivity contribution in [3.63, 3.8) is 0 Å². The highest BCUT2D eigenvalue weighted by molar-refractivity contribution is 6.30. The van der Waals surface area contributed by atoms with E-state index in [1.165, 1.54) is 11.1 Å². The van der Waals surface area contributed by atoms with Gasteiger partial charge in [0.25, 0.3) is 0 Å². The van der Waals surface area contributed by atoms with Crippen LogP contribution >= 0.6 is 11.6 Å². The van der Waals surface area contributed by atoms with E-state index in [-0.39, 0.29) is 0 Å². The molecule has 31 heavy (non-hydrogen) atoms. The fraction of sp³-hybridized carbons (Fsp3) is 0.154. The quantitative estimate of drug-likeness (QED) is 0.448. The second-order valence-corrected chi connectivity index (χ2v) is 8.16. The van der Waals surface area contributed by atoms with Gasteiger partial charge in [-0.3, -0.25) is 0 Å². The Morgan fingerprint density at radius 2 is 1.94 bits per heavy atom. The van der Waals surface area contributed by atoms with Crippen LogP contribution in [0.15, 0.2) is 77.7 Å². The lowest BCUT2D eigenvalue weighted by atomic mass is 9.98. The molecule has 0 radical (unpaired) electrons. The zero-order valence-corrected chi connectivity index (χ0v) is 17.7. The van der Waals surface area contributed by atoms with Gasteiger partial charge in [0.05, 0.1) is 5.56 Å². The predicted molar refractivity (Wildman–Crippen MR) is 123 cm³/mol. The molecule has 4 aromatic rings. The maximum Gasteiger partial charge on any atom is 0.187 e. The molecule has 0 spiro atoms. The van der Waals surface area contributed by atoms with Gasteiger partial charge in [0.2, 0.25) is 0 Å². The molecule has 0 fully saturated rings. The van der Waals surface area contributed by atoms with Gasteiger partial charge in [0.15, 0.2) is 18.9 Å². The van der Waals surface area contributed by atoms with E-state index >= 15 is 0 Å². The number of fused-ring (bicyclic) bond motifs is 1. The molecule has 0 amide bonds. The SMILES string of the molecule is N#Cc1c[n+](Cc2coc3ccc(C4=CCNCC4)cc23)ccc1-c1ccc(Cl)cc1. The predicted octanol–water partition coefficient (Wildman–Crippen LogP) is 5.34. The normalized spacial score (nSPS) is 13.7. The highest BCUT2D eigenvalue weighted by Crippen LogP contribution is 2.28. The second kappa shape index (κ2) is 8.39. The number of rotatable bonds is 4. The van der Waals surface area contributed by atoms with Gasteiger partial charge in [-0.1, -0.05) is 35.9 Å². The zero-order chi connectivity index (χ0) is 21.2. The lowest BCUT2D eigenvalue weighted by Gasteiger charge is -2.14. The van der Waals surface area contributed by atoms with Crippen LogP contribution in [0.3, 0.4) is 0 Å². The number of furan rings is 1. The second-order valence-electron chi connectivity index (χ2n) is 7.72.